The van der Waals surface area contributed by atoms with Gasteiger partial charge in [-0.25, -0.2) is 0 Å². The number of aliphatic hydroxyl groups excluding tert-OH is 1. The van der Waals surface area contributed by atoms with Crippen molar-refractivity contribution in [3.63, 3.8) is 0 Å². The maximum atomic E-state index is 12.5. The van der Waals surface area contributed by atoms with Crippen LogP contribution in [0.2, 0.25) is 0 Å². The van der Waals surface area contributed by atoms with Gasteiger partial charge in [-0.15, -0.1) is 0 Å². The highest BCUT2D eigenvalue weighted by Gasteiger charge is 2.48. The normalized spacial score (nSPS) is 23.9. The number of benzene rings is 1. The number of phenolic OH excluding ortho intramolecular Hbond substituents is 1. The molecule has 3 atom stereocenters. The smallest absolute Gasteiger partial charge is 0.159 e. The third-order valence-corrected chi connectivity index (χ3v) is 6.66. The van der Waals surface area contributed by atoms with Crippen LogP contribution in [0.15, 0.2) is 35.4 Å². The summed E-state index contributed by atoms with van der Waals surface area (Å²) >= 11 is 0. The molecule has 0 aromatic heterocycles. The summed E-state index contributed by atoms with van der Waals surface area (Å²) in [5, 5.41) is 30.5. The highest BCUT2D eigenvalue weighted by atomic mass is 16.5. The Bertz CT molecular complexity index is 924. The zero-order valence-electron chi connectivity index (χ0n) is 21.8. The van der Waals surface area contributed by atoms with E-state index in [9.17, 15) is 20.1 Å². The molecule has 34 heavy (non-hydrogen) atoms. The highest BCUT2D eigenvalue weighted by molar-refractivity contribution is 5.91. The first kappa shape index (κ1) is 28.1. The number of rotatable bonds is 11. The van der Waals surface area contributed by atoms with Crippen molar-refractivity contribution in [3.05, 3.63) is 46.6 Å². The van der Waals surface area contributed by atoms with Crippen LogP contribution >= 0.6 is 0 Å². The first-order valence-electron chi connectivity index (χ1n) is 12.1. The fourth-order valence-electron chi connectivity index (χ4n) is 4.58. The Kier molecular flexibility index (Phi) is 9.52. The number of carbonyl (C=O) groups excluding carboxylic acids is 1. The number of phenols is 1. The molecule has 0 amide bonds. The van der Waals surface area contributed by atoms with Gasteiger partial charge in [-0.2, -0.15) is 0 Å². The van der Waals surface area contributed by atoms with E-state index < -0.39 is 17.3 Å². The molecule has 1 aromatic rings. The lowest BCUT2D eigenvalue weighted by molar-refractivity contribution is -0.131. The van der Waals surface area contributed by atoms with Crippen LogP contribution in [0.4, 0.5) is 0 Å². The van der Waals surface area contributed by atoms with Crippen LogP contribution < -0.4 is 4.74 Å². The number of aromatic hydroxyl groups is 1. The maximum Gasteiger partial charge on any atom is 0.159 e. The van der Waals surface area contributed by atoms with Crippen LogP contribution in [0.1, 0.15) is 77.8 Å². The summed E-state index contributed by atoms with van der Waals surface area (Å²) in [4.78, 5) is 12.5. The average molecular weight is 475 g/mol. The summed E-state index contributed by atoms with van der Waals surface area (Å²) in [5.74, 6) is 1.01. The van der Waals surface area contributed by atoms with E-state index in [0.29, 0.717) is 25.7 Å². The van der Waals surface area contributed by atoms with Crippen LogP contribution in [0.25, 0.3) is 0 Å². The van der Waals surface area contributed by atoms with Gasteiger partial charge in [-0.05, 0) is 91.0 Å². The molecule has 1 aliphatic heterocycles. The van der Waals surface area contributed by atoms with E-state index in [4.69, 9.17) is 9.47 Å². The number of aliphatic hydroxyl groups is 2. The second kappa shape index (κ2) is 11.5. The third kappa shape index (κ3) is 7.69. The second-order valence-corrected chi connectivity index (χ2v) is 10.5. The van der Waals surface area contributed by atoms with Crippen molar-refractivity contribution in [1.29, 1.82) is 0 Å². The van der Waals surface area contributed by atoms with Gasteiger partial charge >= 0.3 is 0 Å². The molecule has 0 unspecified atom stereocenters. The SMILES string of the molecule is COc1c(C)cc(O)cc1C/C=C(\C)CC(=O)/C=C(\C)CCC[C@@]1(C)O[C@H](C(C)(C)O)C[C@H]1O. The lowest BCUT2D eigenvalue weighted by Gasteiger charge is -2.31. The number of carbonyl (C=O) groups is 1. The van der Waals surface area contributed by atoms with Crippen molar-refractivity contribution >= 4 is 5.78 Å². The standard InChI is InChI=1S/C28H42O6/c1-18(9-8-12-28(6)24(31)17-25(34-28)27(4,5)32)13-22(29)14-19(2)10-11-21-16-23(30)15-20(3)26(21)33-7/h10,13,15-16,24-25,30-32H,8-9,11-12,14,17H2,1-7H3/b18-13+,19-10+/t24-,25+,28-/m1/s1. The lowest BCUT2D eigenvalue weighted by atomic mass is 9.90. The molecular formula is C28H42O6. The molecule has 190 valence electrons. The Hall–Kier alpha value is -2.15. The van der Waals surface area contributed by atoms with Crippen LogP contribution in [0, 0.1) is 6.92 Å². The minimum Gasteiger partial charge on any atom is -0.508 e. The molecule has 0 spiro atoms. The highest BCUT2D eigenvalue weighted by Crippen LogP contribution is 2.39. The first-order valence-corrected chi connectivity index (χ1v) is 12.1. The molecule has 1 fully saturated rings. The number of allylic oxidation sites excluding steroid dienone is 4. The van der Waals surface area contributed by atoms with E-state index in [1.54, 1.807) is 39.2 Å². The molecule has 2 rings (SSSR count). The quantitative estimate of drug-likeness (QED) is 0.310. The average Bonchev–Trinajstić information content (AvgIpc) is 3.01. The largest absolute Gasteiger partial charge is 0.508 e. The number of hydrogen-bond donors (Lipinski definition) is 3. The molecule has 1 aromatic carbocycles. The predicted molar refractivity (Wildman–Crippen MR) is 134 cm³/mol. The van der Waals surface area contributed by atoms with E-state index in [2.05, 4.69) is 0 Å². The van der Waals surface area contributed by atoms with Gasteiger partial charge in [0.05, 0.1) is 30.5 Å². The molecule has 6 nitrogen and oxygen atoms in total. The molecular weight excluding hydrogens is 432 g/mol. The minimum atomic E-state index is -0.989. The van der Waals surface area contributed by atoms with Gasteiger partial charge in [0.25, 0.3) is 0 Å². The van der Waals surface area contributed by atoms with Crippen LogP contribution in [-0.2, 0) is 16.0 Å². The van der Waals surface area contributed by atoms with Gasteiger partial charge in [0.2, 0.25) is 0 Å². The third-order valence-electron chi connectivity index (χ3n) is 6.66. The van der Waals surface area contributed by atoms with Crippen molar-refractivity contribution < 1.29 is 29.6 Å². The number of methoxy groups -OCH3 is 1. The van der Waals surface area contributed by atoms with E-state index in [0.717, 1.165) is 40.9 Å². The van der Waals surface area contributed by atoms with Crippen molar-refractivity contribution in [2.24, 2.45) is 0 Å². The lowest BCUT2D eigenvalue weighted by Crippen LogP contribution is -2.39. The fourth-order valence-corrected chi connectivity index (χ4v) is 4.58. The van der Waals surface area contributed by atoms with E-state index in [-0.39, 0.29) is 17.6 Å². The Balaban J connectivity index is 1.87. The Morgan fingerprint density at radius 3 is 2.56 bits per heavy atom. The summed E-state index contributed by atoms with van der Waals surface area (Å²) in [5.41, 5.74) is 2.05. The van der Waals surface area contributed by atoms with Gasteiger partial charge < -0.3 is 24.8 Å². The monoisotopic (exact) mass is 474 g/mol. The Labute approximate surface area is 204 Å². The van der Waals surface area contributed by atoms with E-state index >= 15 is 0 Å². The van der Waals surface area contributed by atoms with Crippen LogP contribution in [-0.4, -0.2) is 51.6 Å². The Morgan fingerprint density at radius 1 is 1.29 bits per heavy atom. The number of hydrogen-bond acceptors (Lipinski definition) is 6. The fraction of sp³-hybridized carbons (Fsp3) is 0.607. The van der Waals surface area contributed by atoms with E-state index in [1.807, 2.05) is 33.8 Å². The van der Waals surface area contributed by atoms with Crippen molar-refractivity contribution in [2.75, 3.05) is 7.11 Å². The van der Waals surface area contributed by atoms with Crippen LogP contribution in [0.5, 0.6) is 11.5 Å². The maximum absolute atomic E-state index is 12.5. The van der Waals surface area contributed by atoms with E-state index in [1.165, 1.54) is 0 Å². The van der Waals surface area contributed by atoms with Gasteiger partial charge in [0.1, 0.15) is 11.5 Å². The molecule has 1 aliphatic rings. The van der Waals surface area contributed by atoms with Gasteiger partial charge in [0, 0.05) is 18.4 Å². The molecule has 6 heteroatoms. The number of ketones is 1. The molecule has 0 aliphatic carbocycles. The topological polar surface area (TPSA) is 96.2 Å². The zero-order valence-corrected chi connectivity index (χ0v) is 21.8. The minimum absolute atomic E-state index is 0.0516. The summed E-state index contributed by atoms with van der Waals surface area (Å²) < 4.78 is 11.5. The number of aryl methyl sites for hydroxylation is 1. The summed E-state index contributed by atoms with van der Waals surface area (Å²) in [6, 6.07) is 3.36. The molecule has 0 radical (unpaired) electrons. The zero-order chi connectivity index (χ0) is 25.7. The second-order valence-electron chi connectivity index (χ2n) is 10.5. The molecule has 1 saturated heterocycles. The molecule has 0 saturated carbocycles. The summed E-state index contributed by atoms with van der Waals surface area (Å²) in [6.07, 6.45) is 6.22. The molecule has 0 bridgehead atoms. The predicted octanol–water partition coefficient (Wildman–Crippen LogP) is 4.95. The Morgan fingerprint density at radius 2 is 1.97 bits per heavy atom. The molecule has 3 N–H and O–H groups in total. The van der Waals surface area contributed by atoms with Gasteiger partial charge in [0.15, 0.2) is 5.78 Å². The van der Waals surface area contributed by atoms with Crippen molar-refractivity contribution in [1.82, 2.24) is 0 Å². The van der Waals surface area contributed by atoms with Gasteiger partial charge in [-0.1, -0.05) is 17.2 Å². The summed E-state index contributed by atoms with van der Waals surface area (Å²) in [7, 11) is 1.61. The van der Waals surface area contributed by atoms with Crippen molar-refractivity contribution in [2.45, 2.75) is 103 Å². The first-order chi connectivity index (χ1) is 15.7. The number of ether oxygens (including phenoxy) is 2. The van der Waals surface area contributed by atoms with Crippen LogP contribution in [0.3, 0.4) is 0 Å². The molecule has 1 heterocycles. The summed E-state index contributed by atoms with van der Waals surface area (Å²) in [6.45, 7) is 11.1. The van der Waals surface area contributed by atoms with Gasteiger partial charge in [-0.3, -0.25) is 4.79 Å². The van der Waals surface area contributed by atoms with Crippen molar-refractivity contribution in [3.8, 4) is 11.5 Å².